The van der Waals surface area contributed by atoms with Gasteiger partial charge in [-0.15, -0.1) is 24.8 Å². The van der Waals surface area contributed by atoms with E-state index in [1.54, 1.807) is 6.07 Å². The van der Waals surface area contributed by atoms with Crippen LogP contribution in [0.3, 0.4) is 0 Å². The molecule has 18 heavy (non-hydrogen) atoms. The minimum absolute atomic E-state index is 0. The van der Waals surface area contributed by atoms with Crippen molar-refractivity contribution >= 4 is 30.6 Å². The highest BCUT2D eigenvalue weighted by Crippen LogP contribution is 2.18. The van der Waals surface area contributed by atoms with E-state index in [0.717, 1.165) is 25.9 Å². The first-order valence-corrected chi connectivity index (χ1v) is 5.37. The van der Waals surface area contributed by atoms with Crippen LogP contribution in [0.25, 0.3) is 0 Å². The number of hydrogen-bond donors (Lipinski definition) is 3. The molecule has 1 aromatic rings. The van der Waals surface area contributed by atoms with Gasteiger partial charge in [0.2, 0.25) is 5.88 Å². The van der Waals surface area contributed by atoms with Crippen molar-refractivity contribution in [1.29, 1.82) is 0 Å². The highest BCUT2D eigenvalue weighted by Gasteiger charge is 2.14. The fourth-order valence-corrected chi connectivity index (χ4v) is 1.77. The third-order valence-electron chi connectivity index (χ3n) is 2.59. The number of anilines is 1. The van der Waals surface area contributed by atoms with Gasteiger partial charge in [-0.25, -0.2) is 0 Å². The second-order valence-electron chi connectivity index (χ2n) is 3.76. The van der Waals surface area contributed by atoms with E-state index in [1.165, 1.54) is 7.11 Å². The Labute approximate surface area is 118 Å². The van der Waals surface area contributed by atoms with Gasteiger partial charge < -0.3 is 20.5 Å². The first-order chi connectivity index (χ1) is 7.78. The van der Waals surface area contributed by atoms with Gasteiger partial charge >= 0.3 is 6.01 Å². The normalized spacial score (nSPS) is 15.2. The molecule has 104 valence electrons. The van der Waals surface area contributed by atoms with E-state index >= 15 is 0 Å². The van der Waals surface area contributed by atoms with Gasteiger partial charge in [0.1, 0.15) is 5.82 Å². The van der Waals surface area contributed by atoms with E-state index in [2.05, 4.69) is 20.6 Å². The number of hydrogen-bond acceptors (Lipinski definition) is 6. The summed E-state index contributed by atoms with van der Waals surface area (Å²) in [7, 11) is 1.51. The largest absolute Gasteiger partial charge is 0.481 e. The second-order valence-corrected chi connectivity index (χ2v) is 3.76. The van der Waals surface area contributed by atoms with Crippen LogP contribution in [-0.2, 0) is 0 Å². The maximum Gasteiger partial charge on any atom is 0.319 e. The first kappa shape index (κ1) is 17.0. The summed E-state index contributed by atoms with van der Waals surface area (Å²) in [5.74, 6) is 0.972. The average Bonchev–Trinajstić information content (AvgIpc) is 2.29. The molecule has 2 heterocycles. The number of nitrogens with zero attached hydrogens (tertiary/aromatic N) is 2. The summed E-state index contributed by atoms with van der Waals surface area (Å²) in [6.07, 6.45) is 2.10. The molecular formula is C10H18Cl2N4O2. The number of rotatable bonds is 3. The minimum Gasteiger partial charge on any atom is -0.481 e. The van der Waals surface area contributed by atoms with Gasteiger partial charge in [0, 0.05) is 12.1 Å². The van der Waals surface area contributed by atoms with Crippen molar-refractivity contribution < 1.29 is 9.84 Å². The molecule has 1 aromatic heterocycles. The van der Waals surface area contributed by atoms with Crippen LogP contribution in [0, 0.1) is 0 Å². The van der Waals surface area contributed by atoms with E-state index in [4.69, 9.17) is 4.74 Å². The zero-order chi connectivity index (χ0) is 11.4. The monoisotopic (exact) mass is 296 g/mol. The molecule has 1 fully saturated rings. The van der Waals surface area contributed by atoms with E-state index < -0.39 is 0 Å². The smallest absolute Gasteiger partial charge is 0.319 e. The van der Waals surface area contributed by atoms with Crippen molar-refractivity contribution in [1.82, 2.24) is 15.3 Å². The zero-order valence-electron chi connectivity index (χ0n) is 10.0. The molecule has 0 aromatic carbocycles. The van der Waals surface area contributed by atoms with Gasteiger partial charge in [0.05, 0.1) is 7.11 Å². The minimum atomic E-state index is -0.268. The average molecular weight is 297 g/mol. The van der Waals surface area contributed by atoms with Crippen LogP contribution in [0.1, 0.15) is 12.8 Å². The van der Waals surface area contributed by atoms with Crippen LogP contribution >= 0.6 is 24.8 Å². The molecule has 0 spiro atoms. The summed E-state index contributed by atoms with van der Waals surface area (Å²) in [4.78, 5) is 7.62. The molecule has 1 aliphatic heterocycles. The molecule has 0 aliphatic carbocycles. The Morgan fingerprint density at radius 3 is 2.61 bits per heavy atom. The standard InChI is InChI=1S/C10H16N4O2.2ClH/c1-16-9-6-8(13-10(15)14-9)12-7-2-4-11-5-3-7;;/h6-7,11H,2-5H2,1H3,(H2,12,13,14,15);2*1H. The highest BCUT2D eigenvalue weighted by atomic mass is 35.5. The Hall–Kier alpha value is -0.980. The molecule has 0 saturated carbocycles. The van der Waals surface area contributed by atoms with E-state index in [0.29, 0.717) is 17.7 Å². The van der Waals surface area contributed by atoms with Gasteiger partial charge in [0.25, 0.3) is 0 Å². The number of aromatic nitrogens is 2. The quantitative estimate of drug-likeness (QED) is 0.778. The number of nitrogens with one attached hydrogen (secondary N) is 2. The number of halogens is 2. The summed E-state index contributed by atoms with van der Waals surface area (Å²) in [5.41, 5.74) is 0. The Bertz CT molecular complexity index is 362. The molecule has 2 rings (SSSR count). The molecule has 0 bridgehead atoms. The predicted molar refractivity (Wildman–Crippen MR) is 74.3 cm³/mol. The lowest BCUT2D eigenvalue weighted by Gasteiger charge is -2.24. The van der Waals surface area contributed by atoms with Gasteiger partial charge in [-0.2, -0.15) is 9.97 Å². The van der Waals surface area contributed by atoms with Crippen molar-refractivity contribution in [2.75, 3.05) is 25.5 Å². The van der Waals surface area contributed by atoms with Crippen LogP contribution in [0.2, 0.25) is 0 Å². The molecule has 0 atom stereocenters. The molecular weight excluding hydrogens is 279 g/mol. The summed E-state index contributed by atoms with van der Waals surface area (Å²) >= 11 is 0. The van der Waals surface area contributed by atoms with Gasteiger partial charge in [-0.05, 0) is 25.9 Å². The van der Waals surface area contributed by atoms with Gasteiger partial charge in [0.15, 0.2) is 0 Å². The molecule has 6 nitrogen and oxygen atoms in total. The fourth-order valence-electron chi connectivity index (χ4n) is 1.77. The SMILES string of the molecule is COc1cc(NC2CCNCC2)nc(O)n1.Cl.Cl. The third-order valence-corrected chi connectivity index (χ3v) is 2.59. The number of piperidine rings is 1. The lowest BCUT2D eigenvalue weighted by atomic mass is 10.1. The van der Waals surface area contributed by atoms with Crippen molar-refractivity contribution in [3.63, 3.8) is 0 Å². The summed E-state index contributed by atoms with van der Waals surface area (Å²) in [6.45, 7) is 2.01. The topological polar surface area (TPSA) is 79.3 Å². The molecule has 0 radical (unpaired) electrons. The van der Waals surface area contributed by atoms with Crippen LogP contribution in [0.5, 0.6) is 11.9 Å². The van der Waals surface area contributed by atoms with Crippen LogP contribution in [0.15, 0.2) is 6.07 Å². The third kappa shape index (κ3) is 4.72. The van der Waals surface area contributed by atoms with Gasteiger partial charge in [-0.3, -0.25) is 0 Å². The number of methoxy groups -OCH3 is 1. The lowest BCUT2D eigenvalue weighted by molar-refractivity contribution is 0.372. The molecule has 3 N–H and O–H groups in total. The van der Waals surface area contributed by atoms with Crippen molar-refractivity contribution in [2.24, 2.45) is 0 Å². The summed E-state index contributed by atoms with van der Waals surface area (Å²) < 4.78 is 4.96. The van der Waals surface area contributed by atoms with Gasteiger partial charge in [-0.1, -0.05) is 0 Å². The summed E-state index contributed by atoms with van der Waals surface area (Å²) in [6, 6.07) is 1.80. The Balaban J connectivity index is 0.00000144. The Morgan fingerprint density at radius 2 is 2.00 bits per heavy atom. The molecule has 1 saturated heterocycles. The zero-order valence-corrected chi connectivity index (χ0v) is 11.7. The predicted octanol–water partition coefficient (Wildman–Crippen LogP) is 1.20. The van der Waals surface area contributed by atoms with Crippen molar-refractivity contribution in [3.8, 4) is 11.9 Å². The molecule has 1 aliphatic rings. The summed E-state index contributed by atoms with van der Waals surface area (Å²) in [5, 5.41) is 15.9. The Kier molecular flexibility index (Phi) is 7.73. The number of ether oxygens (including phenoxy) is 1. The van der Waals surface area contributed by atoms with Crippen LogP contribution in [0.4, 0.5) is 5.82 Å². The maximum atomic E-state index is 9.30. The Morgan fingerprint density at radius 1 is 1.33 bits per heavy atom. The number of aromatic hydroxyl groups is 1. The van der Waals surface area contributed by atoms with E-state index in [9.17, 15) is 5.11 Å². The lowest BCUT2D eigenvalue weighted by Crippen LogP contribution is -2.35. The molecule has 0 amide bonds. The molecule has 0 unspecified atom stereocenters. The van der Waals surface area contributed by atoms with Crippen molar-refractivity contribution in [2.45, 2.75) is 18.9 Å². The highest BCUT2D eigenvalue weighted by molar-refractivity contribution is 5.85. The van der Waals surface area contributed by atoms with E-state index in [1.807, 2.05) is 0 Å². The second kappa shape index (κ2) is 8.18. The van der Waals surface area contributed by atoms with Crippen molar-refractivity contribution in [3.05, 3.63) is 6.07 Å². The van der Waals surface area contributed by atoms with E-state index in [-0.39, 0.29) is 30.8 Å². The van der Waals surface area contributed by atoms with Crippen LogP contribution in [-0.4, -0.2) is 41.3 Å². The fraction of sp³-hybridized carbons (Fsp3) is 0.600. The maximum absolute atomic E-state index is 9.30. The first-order valence-electron chi connectivity index (χ1n) is 5.37. The molecule has 8 heteroatoms. The van der Waals surface area contributed by atoms with Crippen LogP contribution < -0.4 is 15.4 Å².